The zero-order chi connectivity index (χ0) is 14.0. The van der Waals surface area contributed by atoms with Crippen LogP contribution in [0.15, 0.2) is 18.2 Å². The predicted molar refractivity (Wildman–Crippen MR) is 81.5 cm³/mol. The number of halogens is 1. The molecule has 0 aliphatic carbocycles. The molecule has 104 valence electrons. The summed E-state index contributed by atoms with van der Waals surface area (Å²) in [5.74, 6) is 0.551. The van der Waals surface area contributed by atoms with E-state index in [1.54, 1.807) is 0 Å². The maximum atomic E-state index is 6.04. The molecule has 1 heterocycles. The van der Waals surface area contributed by atoms with Crippen molar-refractivity contribution in [3.8, 4) is 0 Å². The van der Waals surface area contributed by atoms with E-state index in [2.05, 4.69) is 30.8 Å². The molecule has 0 saturated carbocycles. The van der Waals surface area contributed by atoms with Crippen LogP contribution >= 0.6 is 11.6 Å². The van der Waals surface area contributed by atoms with Gasteiger partial charge >= 0.3 is 0 Å². The summed E-state index contributed by atoms with van der Waals surface area (Å²) in [6.07, 6.45) is 1.14. The zero-order valence-corrected chi connectivity index (χ0v) is 12.5. The SMILES string of the molecule is CCC(C)N(C)CCn1c(N)nc2ccc(Cl)cc21. The molecule has 0 spiro atoms. The largest absolute Gasteiger partial charge is 0.369 e. The van der Waals surface area contributed by atoms with Gasteiger partial charge in [0.2, 0.25) is 5.95 Å². The molecule has 0 fully saturated rings. The van der Waals surface area contributed by atoms with Gasteiger partial charge in [-0.25, -0.2) is 4.98 Å². The van der Waals surface area contributed by atoms with Crippen molar-refractivity contribution in [2.24, 2.45) is 0 Å². The molecule has 4 nitrogen and oxygen atoms in total. The van der Waals surface area contributed by atoms with Gasteiger partial charge in [0.05, 0.1) is 11.0 Å². The Morgan fingerprint density at radius 1 is 1.47 bits per heavy atom. The topological polar surface area (TPSA) is 47.1 Å². The molecule has 19 heavy (non-hydrogen) atoms. The predicted octanol–water partition coefficient (Wildman–Crippen LogP) is 3.00. The molecule has 0 amide bonds. The first-order chi connectivity index (χ1) is 9.02. The molecule has 1 aromatic heterocycles. The summed E-state index contributed by atoms with van der Waals surface area (Å²) in [5, 5.41) is 0.712. The minimum atomic E-state index is 0.551. The number of nitrogen functional groups attached to an aromatic ring is 1. The molecule has 1 atom stereocenters. The van der Waals surface area contributed by atoms with Gasteiger partial charge in [0.15, 0.2) is 0 Å². The zero-order valence-electron chi connectivity index (χ0n) is 11.7. The smallest absolute Gasteiger partial charge is 0.201 e. The Hall–Kier alpha value is -1.26. The molecule has 0 aliphatic heterocycles. The Morgan fingerprint density at radius 3 is 2.89 bits per heavy atom. The van der Waals surface area contributed by atoms with Crippen LogP contribution < -0.4 is 5.73 Å². The Morgan fingerprint density at radius 2 is 2.21 bits per heavy atom. The quantitative estimate of drug-likeness (QED) is 0.916. The Bertz CT molecular complexity index is 564. The third-order valence-electron chi connectivity index (χ3n) is 3.76. The fourth-order valence-corrected chi connectivity index (χ4v) is 2.31. The lowest BCUT2D eigenvalue weighted by atomic mass is 10.2. The number of nitrogens with zero attached hydrogens (tertiary/aromatic N) is 3. The second-order valence-electron chi connectivity index (χ2n) is 4.99. The summed E-state index contributed by atoms with van der Waals surface area (Å²) < 4.78 is 2.03. The number of imidazole rings is 1. The van der Waals surface area contributed by atoms with Crippen molar-refractivity contribution in [3.63, 3.8) is 0 Å². The van der Waals surface area contributed by atoms with E-state index in [4.69, 9.17) is 17.3 Å². The molecule has 2 rings (SSSR count). The van der Waals surface area contributed by atoms with Gasteiger partial charge in [0.25, 0.3) is 0 Å². The Labute approximate surface area is 119 Å². The van der Waals surface area contributed by atoms with Gasteiger partial charge in [-0.1, -0.05) is 18.5 Å². The van der Waals surface area contributed by atoms with E-state index >= 15 is 0 Å². The van der Waals surface area contributed by atoms with Crippen LogP contribution in [0.3, 0.4) is 0 Å². The van der Waals surface area contributed by atoms with Crippen molar-refractivity contribution in [3.05, 3.63) is 23.2 Å². The number of fused-ring (bicyclic) bond motifs is 1. The number of anilines is 1. The second kappa shape index (κ2) is 5.80. The van der Waals surface area contributed by atoms with Crippen LogP contribution in [-0.2, 0) is 6.54 Å². The van der Waals surface area contributed by atoms with E-state index in [0.29, 0.717) is 17.0 Å². The van der Waals surface area contributed by atoms with Crippen molar-refractivity contribution in [1.29, 1.82) is 0 Å². The maximum absolute atomic E-state index is 6.04. The van der Waals surface area contributed by atoms with E-state index in [1.807, 2.05) is 22.8 Å². The van der Waals surface area contributed by atoms with Crippen LogP contribution in [0.25, 0.3) is 11.0 Å². The van der Waals surface area contributed by atoms with Crippen molar-refractivity contribution >= 4 is 28.6 Å². The number of likely N-dealkylation sites (N-methyl/N-ethyl adjacent to an activating group) is 1. The first-order valence-electron chi connectivity index (χ1n) is 6.64. The van der Waals surface area contributed by atoms with E-state index in [0.717, 1.165) is 30.5 Å². The number of rotatable bonds is 5. The van der Waals surface area contributed by atoms with Crippen molar-refractivity contribution < 1.29 is 0 Å². The molecule has 5 heteroatoms. The fourth-order valence-electron chi connectivity index (χ4n) is 2.14. The lowest BCUT2D eigenvalue weighted by Crippen LogP contribution is -2.31. The molecule has 0 aliphatic rings. The molecule has 0 saturated heterocycles. The molecule has 1 unspecified atom stereocenters. The molecule has 2 aromatic rings. The van der Waals surface area contributed by atoms with Crippen molar-refractivity contribution in [2.45, 2.75) is 32.9 Å². The summed E-state index contributed by atoms with van der Waals surface area (Å²) in [7, 11) is 2.14. The highest BCUT2D eigenvalue weighted by atomic mass is 35.5. The Kier molecular flexibility index (Phi) is 4.32. The van der Waals surface area contributed by atoms with Crippen molar-refractivity contribution in [2.75, 3.05) is 19.3 Å². The average molecular weight is 281 g/mol. The summed E-state index contributed by atoms with van der Waals surface area (Å²) in [4.78, 5) is 6.69. The van der Waals surface area contributed by atoms with Gasteiger partial charge in [0, 0.05) is 24.2 Å². The molecule has 0 bridgehead atoms. The highest BCUT2D eigenvalue weighted by molar-refractivity contribution is 6.31. The molecule has 1 aromatic carbocycles. The number of benzene rings is 1. The number of nitrogens with two attached hydrogens (primary N) is 1. The van der Waals surface area contributed by atoms with Gasteiger partial charge in [0.1, 0.15) is 0 Å². The van der Waals surface area contributed by atoms with Crippen LogP contribution in [0, 0.1) is 0 Å². The highest BCUT2D eigenvalue weighted by Gasteiger charge is 2.11. The number of hydrogen-bond donors (Lipinski definition) is 1. The van der Waals surface area contributed by atoms with Gasteiger partial charge in [-0.15, -0.1) is 0 Å². The van der Waals surface area contributed by atoms with Gasteiger partial charge < -0.3 is 15.2 Å². The average Bonchev–Trinajstić information content (AvgIpc) is 2.70. The maximum Gasteiger partial charge on any atom is 0.201 e. The molecular weight excluding hydrogens is 260 g/mol. The fraction of sp³-hybridized carbons (Fsp3) is 0.500. The van der Waals surface area contributed by atoms with Gasteiger partial charge in [-0.2, -0.15) is 0 Å². The van der Waals surface area contributed by atoms with E-state index in [-0.39, 0.29) is 0 Å². The minimum absolute atomic E-state index is 0.551. The van der Waals surface area contributed by atoms with Gasteiger partial charge in [-0.3, -0.25) is 0 Å². The summed E-state index contributed by atoms with van der Waals surface area (Å²) in [5.41, 5.74) is 7.89. The Balaban J connectivity index is 2.20. The van der Waals surface area contributed by atoms with Crippen LogP contribution in [0.5, 0.6) is 0 Å². The first kappa shape index (κ1) is 14.2. The number of aromatic nitrogens is 2. The second-order valence-corrected chi connectivity index (χ2v) is 5.43. The lowest BCUT2D eigenvalue weighted by molar-refractivity contribution is 0.244. The lowest BCUT2D eigenvalue weighted by Gasteiger charge is -2.23. The molecular formula is C14H21ClN4. The molecule has 0 radical (unpaired) electrons. The number of hydrogen-bond acceptors (Lipinski definition) is 3. The van der Waals surface area contributed by atoms with Crippen LogP contribution in [0.4, 0.5) is 5.95 Å². The normalized spacial score (nSPS) is 13.3. The minimum Gasteiger partial charge on any atom is -0.369 e. The monoisotopic (exact) mass is 280 g/mol. The standard InChI is InChI=1S/C14H21ClN4/c1-4-10(2)18(3)7-8-19-13-9-11(15)5-6-12(13)17-14(19)16/h5-6,9-10H,4,7-8H2,1-3H3,(H2,16,17). The third kappa shape index (κ3) is 3.01. The van der Waals surface area contributed by atoms with E-state index in [1.165, 1.54) is 0 Å². The van der Waals surface area contributed by atoms with Crippen LogP contribution in [0.1, 0.15) is 20.3 Å². The summed E-state index contributed by atoms with van der Waals surface area (Å²) >= 11 is 6.04. The van der Waals surface area contributed by atoms with Crippen molar-refractivity contribution in [1.82, 2.24) is 14.5 Å². The summed E-state index contributed by atoms with van der Waals surface area (Å²) in [6.45, 7) is 6.19. The van der Waals surface area contributed by atoms with Gasteiger partial charge in [-0.05, 0) is 38.6 Å². The third-order valence-corrected chi connectivity index (χ3v) is 3.99. The van der Waals surface area contributed by atoms with E-state index < -0.39 is 0 Å². The highest BCUT2D eigenvalue weighted by Crippen LogP contribution is 2.21. The summed E-state index contributed by atoms with van der Waals surface area (Å²) in [6, 6.07) is 6.23. The molecule has 2 N–H and O–H groups in total. The van der Waals surface area contributed by atoms with Crippen LogP contribution in [0.2, 0.25) is 5.02 Å². The van der Waals surface area contributed by atoms with Crippen LogP contribution in [-0.4, -0.2) is 34.1 Å². The van der Waals surface area contributed by atoms with E-state index in [9.17, 15) is 0 Å². The first-order valence-corrected chi connectivity index (χ1v) is 7.02.